The van der Waals surface area contributed by atoms with E-state index < -0.39 is 17.5 Å². The van der Waals surface area contributed by atoms with Gasteiger partial charge in [-0.1, -0.05) is 19.9 Å². The van der Waals surface area contributed by atoms with Crippen LogP contribution in [0.2, 0.25) is 0 Å². The van der Waals surface area contributed by atoms with Gasteiger partial charge in [0, 0.05) is 65.6 Å². The number of hydrogen-bond donors (Lipinski definition) is 2. The molecule has 4 aromatic rings. The Kier molecular flexibility index (Phi) is 8.80. The number of fused-ring (bicyclic) bond motifs is 6. The molecule has 0 unspecified atom stereocenters. The van der Waals surface area contributed by atoms with Gasteiger partial charge in [0.15, 0.2) is 0 Å². The Hall–Kier alpha value is -3.64. The van der Waals surface area contributed by atoms with Gasteiger partial charge in [0.2, 0.25) is 0 Å². The Balaban J connectivity index is 1.53. The summed E-state index contributed by atoms with van der Waals surface area (Å²) in [5, 5.41) is 5.43. The van der Waals surface area contributed by atoms with E-state index in [2.05, 4.69) is 55.0 Å². The summed E-state index contributed by atoms with van der Waals surface area (Å²) in [7, 11) is 1.70. The number of carbonyl (C=O) groups excluding carboxylic acids is 2. The van der Waals surface area contributed by atoms with Crippen molar-refractivity contribution in [3.05, 3.63) is 58.2 Å². The van der Waals surface area contributed by atoms with E-state index >= 15 is 0 Å². The van der Waals surface area contributed by atoms with Crippen molar-refractivity contribution >= 4 is 34.1 Å². The van der Waals surface area contributed by atoms with Crippen LogP contribution in [-0.2, 0) is 38.4 Å². The molecular formula is C34H42N6O4S. The van der Waals surface area contributed by atoms with Crippen LogP contribution in [0.5, 0.6) is 0 Å². The summed E-state index contributed by atoms with van der Waals surface area (Å²) >= 11 is 1.51. The summed E-state index contributed by atoms with van der Waals surface area (Å²) in [6.07, 6.45) is 3.85. The fraction of sp³-hybridized carbons (Fsp3) is 0.471. The average molecular weight is 631 g/mol. The van der Waals surface area contributed by atoms with E-state index in [4.69, 9.17) is 25.2 Å². The highest BCUT2D eigenvalue weighted by Crippen LogP contribution is 2.42. The predicted octanol–water partition coefficient (Wildman–Crippen LogP) is 5.05. The molecule has 6 rings (SSSR count). The van der Waals surface area contributed by atoms with Crippen molar-refractivity contribution in [1.29, 1.82) is 0 Å². The summed E-state index contributed by atoms with van der Waals surface area (Å²) in [6.45, 7) is 9.89. The topological polar surface area (TPSA) is 125 Å². The number of cyclic esters (lactones) is 1. The number of hydrogen-bond acceptors (Lipinski definition) is 9. The largest absolute Gasteiger partial charge is 0.464 e. The van der Waals surface area contributed by atoms with Crippen LogP contribution in [0.3, 0.4) is 0 Å². The van der Waals surface area contributed by atoms with Crippen molar-refractivity contribution in [1.82, 2.24) is 25.0 Å². The Morgan fingerprint density at radius 3 is 2.87 bits per heavy atom. The summed E-state index contributed by atoms with van der Waals surface area (Å²) in [4.78, 5) is 36.2. The number of pyridine rings is 1. The van der Waals surface area contributed by atoms with Crippen molar-refractivity contribution in [2.75, 3.05) is 20.3 Å². The normalized spacial score (nSPS) is 21.4. The summed E-state index contributed by atoms with van der Waals surface area (Å²) in [5.41, 5.74) is 16.2. The molecule has 1 aromatic carbocycles. The lowest BCUT2D eigenvalue weighted by molar-refractivity contribution is -0.154. The lowest BCUT2D eigenvalue weighted by Crippen LogP contribution is -2.59. The van der Waals surface area contributed by atoms with Crippen LogP contribution < -0.4 is 11.2 Å². The molecule has 3 N–H and O–H groups in total. The summed E-state index contributed by atoms with van der Waals surface area (Å²) in [5.74, 6) is -0.607. The van der Waals surface area contributed by atoms with E-state index in [0.717, 1.165) is 50.7 Å². The van der Waals surface area contributed by atoms with Gasteiger partial charge >= 0.3 is 5.97 Å². The van der Waals surface area contributed by atoms with E-state index in [1.807, 2.05) is 24.6 Å². The van der Waals surface area contributed by atoms with Crippen LogP contribution in [-0.4, -0.2) is 63.8 Å². The number of rotatable bonds is 4. The number of nitrogens with two attached hydrogens (primary N) is 1. The van der Waals surface area contributed by atoms with Crippen molar-refractivity contribution in [3.63, 3.8) is 0 Å². The van der Waals surface area contributed by atoms with Crippen molar-refractivity contribution in [2.24, 2.45) is 11.1 Å². The molecule has 1 fully saturated rings. The number of ether oxygens (including phenoxy) is 2. The molecule has 6 bridgehead atoms. The van der Waals surface area contributed by atoms with Crippen molar-refractivity contribution in [3.8, 4) is 22.5 Å². The average Bonchev–Trinajstić information content (AvgIpc) is 3.64. The maximum atomic E-state index is 13.3. The van der Waals surface area contributed by atoms with Crippen LogP contribution in [0.25, 0.3) is 33.4 Å². The molecule has 1 saturated heterocycles. The highest BCUT2D eigenvalue weighted by Gasteiger charge is 2.34. The van der Waals surface area contributed by atoms with E-state index in [1.54, 1.807) is 7.11 Å². The van der Waals surface area contributed by atoms with E-state index in [9.17, 15) is 9.59 Å². The predicted molar refractivity (Wildman–Crippen MR) is 175 cm³/mol. The molecule has 0 radical (unpaired) electrons. The number of aromatic nitrogens is 3. The molecule has 5 heterocycles. The molecule has 11 heteroatoms. The van der Waals surface area contributed by atoms with Gasteiger partial charge in [-0.15, -0.1) is 11.3 Å². The van der Waals surface area contributed by atoms with Gasteiger partial charge in [-0.3, -0.25) is 19.6 Å². The third kappa shape index (κ3) is 6.14. The fourth-order valence-corrected chi connectivity index (χ4v) is 7.34. The number of nitrogens with zero attached hydrogens (tertiary/aromatic N) is 4. The standard InChI is InChI=1S/C34H42N6O4S/c1-6-39-28-12-11-21-15-23(28)24(31(39)22-9-7-13-36-30(22)20(2)43-5)17-34(3,4)19-44-33(42)26-10-8-14-40(38-26)32(41)25(35)16-29-37-27(21)18-45-29/h7,9,11-13,15,18,20,25-26,38H,6,8,10,14,16-17,19,35H2,1-5H3/t20-,25-,26-/m0/s1. The molecule has 0 spiro atoms. The number of thiazole rings is 1. The zero-order valence-electron chi connectivity index (χ0n) is 26.6. The van der Waals surface area contributed by atoms with Crippen LogP contribution in [0.4, 0.5) is 0 Å². The van der Waals surface area contributed by atoms with Crippen molar-refractivity contribution in [2.45, 2.75) is 78.1 Å². The number of hydrazine groups is 1. The van der Waals surface area contributed by atoms with Gasteiger partial charge in [-0.25, -0.2) is 10.4 Å². The third-order valence-corrected chi connectivity index (χ3v) is 9.74. The lowest BCUT2D eigenvalue weighted by Gasteiger charge is -2.34. The number of esters is 1. The molecule has 238 valence electrons. The molecule has 10 nitrogen and oxygen atoms in total. The van der Waals surface area contributed by atoms with Gasteiger partial charge in [0.1, 0.15) is 6.04 Å². The summed E-state index contributed by atoms with van der Waals surface area (Å²) in [6, 6.07) is 9.19. The minimum absolute atomic E-state index is 0.199. The van der Waals surface area contributed by atoms with Crippen molar-refractivity contribution < 1.29 is 19.1 Å². The molecule has 1 amide bonds. The van der Waals surface area contributed by atoms with Gasteiger partial charge in [-0.2, -0.15) is 0 Å². The zero-order valence-corrected chi connectivity index (χ0v) is 27.4. The Morgan fingerprint density at radius 2 is 2.09 bits per heavy atom. The molecule has 0 saturated carbocycles. The second-order valence-electron chi connectivity index (χ2n) is 12.8. The van der Waals surface area contributed by atoms with E-state index in [-0.39, 0.29) is 24.6 Å². The van der Waals surface area contributed by atoms with Crippen LogP contribution >= 0.6 is 11.3 Å². The minimum atomic E-state index is -0.775. The molecule has 3 atom stereocenters. The fourth-order valence-electron chi connectivity index (χ4n) is 6.48. The molecule has 3 aromatic heterocycles. The number of methoxy groups -OCH3 is 1. The van der Waals surface area contributed by atoms with Gasteiger partial charge in [0.25, 0.3) is 5.91 Å². The van der Waals surface area contributed by atoms with Crippen LogP contribution in [0.1, 0.15) is 62.9 Å². The summed E-state index contributed by atoms with van der Waals surface area (Å²) < 4.78 is 14.1. The molecule has 45 heavy (non-hydrogen) atoms. The second-order valence-corrected chi connectivity index (χ2v) is 13.8. The van der Waals surface area contributed by atoms with Gasteiger partial charge in [-0.05, 0) is 62.9 Å². The highest BCUT2D eigenvalue weighted by atomic mass is 32.1. The first-order valence-electron chi connectivity index (χ1n) is 15.7. The Bertz CT molecular complexity index is 1730. The number of benzene rings is 1. The lowest BCUT2D eigenvalue weighted by atomic mass is 9.84. The van der Waals surface area contributed by atoms with Gasteiger partial charge < -0.3 is 19.8 Å². The quantitative estimate of drug-likeness (QED) is 0.301. The number of nitrogens with one attached hydrogen (secondary N) is 1. The van der Waals surface area contributed by atoms with E-state index in [1.165, 1.54) is 21.9 Å². The maximum Gasteiger partial charge on any atom is 0.324 e. The Morgan fingerprint density at radius 1 is 1.27 bits per heavy atom. The van der Waals surface area contributed by atoms with Crippen LogP contribution in [0.15, 0.2) is 41.9 Å². The van der Waals surface area contributed by atoms with E-state index in [0.29, 0.717) is 32.2 Å². The monoisotopic (exact) mass is 630 g/mol. The molecule has 2 aliphatic heterocycles. The molecule has 2 aliphatic rings. The first-order valence-corrected chi connectivity index (χ1v) is 16.6. The molecule has 0 aliphatic carbocycles. The zero-order chi connectivity index (χ0) is 31.9. The second kappa shape index (κ2) is 12.6. The van der Waals surface area contributed by atoms with Crippen LogP contribution in [0, 0.1) is 5.41 Å². The number of amides is 1. The number of aryl methyl sites for hydroxylation is 1. The number of carbonyl (C=O) groups is 2. The smallest absolute Gasteiger partial charge is 0.324 e. The van der Waals surface area contributed by atoms with Gasteiger partial charge in [0.05, 0.1) is 40.8 Å². The first kappa shape index (κ1) is 31.3. The SMILES string of the molecule is CCn1c(-c2cccnc2[C@H](C)OC)c2c3cc(ccc31)-c1csc(n1)C[C@H](N)C(=O)N1CCC[C@H](N1)C(=O)OCC(C)(C)C2. The Labute approximate surface area is 267 Å². The third-order valence-electron chi connectivity index (χ3n) is 8.87. The minimum Gasteiger partial charge on any atom is -0.464 e. The highest BCUT2D eigenvalue weighted by molar-refractivity contribution is 7.10. The first-order chi connectivity index (χ1) is 21.6. The maximum absolute atomic E-state index is 13.3. The molecular weight excluding hydrogens is 588 g/mol.